The Labute approximate surface area is 161 Å². The smallest absolute Gasteiger partial charge is 0.0983 e. The van der Waals surface area contributed by atoms with Gasteiger partial charge in [0.2, 0.25) is 0 Å². The molecular formula is C20H26ClN5. The van der Waals surface area contributed by atoms with E-state index in [9.17, 15) is 0 Å². The molecule has 0 amide bonds. The number of hydrogen-bond donors (Lipinski definition) is 1. The largest absolute Gasteiger partial charge is 0.329 e. The fourth-order valence-corrected chi connectivity index (χ4v) is 3.02. The summed E-state index contributed by atoms with van der Waals surface area (Å²) >= 11 is 0. The van der Waals surface area contributed by atoms with Gasteiger partial charge in [0, 0.05) is 62.9 Å². The van der Waals surface area contributed by atoms with Crippen molar-refractivity contribution in [2.24, 2.45) is 12.8 Å². The first-order valence-electron chi connectivity index (χ1n) is 8.65. The van der Waals surface area contributed by atoms with Crippen LogP contribution in [0.15, 0.2) is 61.1 Å². The maximum Gasteiger partial charge on any atom is 0.0983 e. The monoisotopic (exact) mass is 371 g/mol. The van der Waals surface area contributed by atoms with Crippen LogP contribution >= 0.6 is 12.4 Å². The fourth-order valence-electron chi connectivity index (χ4n) is 3.02. The van der Waals surface area contributed by atoms with Gasteiger partial charge in [-0.25, -0.2) is 0 Å². The molecule has 0 saturated heterocycles. The third-order valence-electron chi connectivity index (χ3n) is 4.24. The van der Waals surface area contributed by atoms with E-state index in [1.54, 1.807) is 6.20 Å². The van der Waals surface area contributed by atoms with Crippen LogP contribution in [0.3, 0.4) is 0 Å². The summed E-state index contributed by atoms with van der Waals surface area (Å²) in [6.45, 7) is 3.33. The van der Waals surface area contributed by atoms with Crippen LogP contribution in [0.4, 0.5) is 0 Å². The first-order chi connectivity index (χ1) is 12.3. The van der Waals surface area contributed by atoms with Gasteiger partial charge < -0.3 is 5.73 Å². The van der Waals surface area contributed by atoms with Crippen molar-refractivity contribution in [3.05, 3.63) is 72.2 Å². The Bertz CT molecular complexity index is 773. The lowest BCUT2D eigenvalue weighted by Gasteiger charge is -2.21. The van der Waals surface area contributed by atoms with E-state index in [-0.39, 0.29) is 12.4 Å². The van der Waals surface area contributed by atoms with E-state index in [0.29, 0.717) is 6.54 Å². The summed E-state index contributed by atoms with van der Waals surface area (Å²) < 4.78 is 1.87. The number of hydrogen-bond acceptors (Lipinski definition) is 4. The van der Waals surface area contributed by atoms with Crippen molar-refractivity contribution >= 4 is 12.4 Å². The Morgan fingerprint density at radius 2 is 1.88 bits per heavy atom. The van der Waals surface area contributed by atoms with Crippen LogP contribution < -0.4 is 5.73 Å². The second-order valence-electron chi connectivity index (χ2n) is 6.22. The molecule has 2 N–H and O–H groups in total. The van der Waals surface area contributed by atoms with E-state index in [1.165, 1.54) is 11.1 Å². The predicted octanol–water partition coefficient (Wildman–Crippen LogP) is 2.91. The molecule has 26 heavy (non-hydrogen) atoms. The summed E-state index contributed by atoms with van der Waals surface area (Å²) in [5.74, 6) is 0. The standard InChI is InChI=1S/C20H25N5.ClH/c1-24-15-19(20(23-24)18-8-5-11-22-14-18)16-25(13-10-21)12-9-17-6-3-2-4-7-17;/h2-8,11,14-15H,9-10,12-13,16,21H2,1H3;1H. The van der Waals surface area contributed by atoms with Crippen LogP contribution in [0.1, 0.15) is 11.1 Å². The average molecular weight is 372 g/mol. The van der Waals surface area contributed by atoms with Gasteiger partial charge >= 0.3 is 0 Å². The van der Waals surface area contributed by atoms with Crippen molar-refractivity contribution in [1.29, 1.82) is 0 Å². The molecule has 1 aromatic carbocycles. The molecule has 3 rings (SSSR count). The van der Waals surface area contributed by atoms with Gasteiger partial charge in [0.05, 0.1) is 5.69 Å². The topological polar surface area (TPSA) is 60.0 Å². The zero-order valence-electron chi connectivity index (χ0n) is 15.1. The molecule has 0 atom stereocenters. The highest BCUT2D eigenvalue weighted by Crippen LogP contribution is 2.22. The molecule has 6 heteroatoms. The summed E-state index contributed by atoms with van der Waals surface area (Å²) in [6.07, 6.45) is 6.76. The van der Waals surface area contributed by atoms with Crippen molar-refractivity contribution in [2.45, 2.75) is 13.0 Å². The van der Waals surface area contributed by atoms with Crippen LogP contribution in [0, 0.1) is 0 Å². The van der Waals surface area contributed by atoms with Gasteiger partial charge in [0.25, 0.3) is 0 Å². The minimum Gasteiger partial charge on any atom is -0.329 e. The number of aromatic nitrogens is 3. The number of nitrogens with two attached hydrogens (primary N) is 1. The molecule has 3 aromatic rings. The molecule has 2 heterocycles. The average Bonchev–Trinajstić information content (AvgIpc) is 3.02. The summed E-state index contributed by atoms with van der Waals surface area (Å²) in [5, 5.41) is 4.63. The van der Waals surface area contributed by atoms with E-state index in [0.717, 1.165) is 37.3 Å². The first kappa shape index (κ1) is 20.1. The van der Waals surface area contributed by atoms with Crippen LogP contribution in [0.25, 0.3) is 11.3 Å². The minimum absolute atomic E-state index is 0. The Morgan fingerprint density at radius 3 is 2.58 bits per heavy atom. The number of halogens is 1. The quantitative estimate of drug-likeness (QED) is 0.661. The van der Waals surface area contributed by atoms with Crippen molar-refractivity contribution in [2.75, 3.05) is 19.6 Å². The molecule has 0 saturated carbocycles. The Morgan fingerprint density at radius 1 is 1.08 bits per heavy atom. The molecule has 0 radical (unpaired) electrons. The molecule has 5 nitrogen and oxygen atoms in total. The molecule has 0 aliphatic rings. The highest BCUT2D eigenvalue weighted by molar-refractivity contribution is 5.85. The number of pyridine rings is 1. The van der Waals surface area contributed by atoms with Gasteiger partial charge in [-0.15, -0.1) is 12.4 Å². The molecule has 0 bridgehead atoms. The third kappa shape index (κ3) is 5.39. The first-order valence-corrected chi connectivity index (χ1v) is 8.65. The van der Waals surface area contributed by atoms with Crippen LogP contribution in [-0.2, 0) is 20.0 Å². The summed E-state index contributed by atoms with van der Waals surface area (Å²) in [4.78, 5) is 6.61. The highest BCUT2D eigenvalue weighted by atomic mass is 35.5. The van der Waals surface area contributed by atoms with Crippen molar-refractivity contribution in [3.63, 3.8) is 0 Å². The molecule has 0 aliphatic carbocycles. The van der Waals surface area contributed by atoms with Crippen molar-refractivity contribution < 1.29 is 0 Å². The Hall–Kier alpha value is -2.21. The van der Waals surface area contributed by atoms with E-state index < -0.39 is 0 Å². The third-order valence-corrected chi connectivity index (χ3v) is 4.24. The minimum atomic E-state index is 0. The number of nitrogens with zero attached hydrogens (tertiary/aromatic N) is 4. The van der Waals surface area contributed by atoms with Gasteiger partial charge in [-0.05, 0) is 24.1 Å². The molecule has 0 fully saturated rings. The number of benzene rings is 1. The van der Waals surface area contributed by atoms with E-state index >= 15 is 0 Å². The van der Waals surface area contributed by atoms with Gasteiger partial charge in [-0.1, -0.05) is 30.3 Å². The normalized spacial score (nSPS) is 10.7. The maximum absolute atomic E-state index is 5.83. The van der Waals surface area contributed by atoms with Crippen molar-refractivity contribution in [3.8, 4) is 11.3 Å². The summed E-state index contributed by atoms with van der Waals surface area (Å²) in [7, 11) is 1.96. The predicted molar refractivity (Wildman–Crippen MR) is 108 cm³/mol. The molecule has 0 unspecified atom stereocenters. The Balaban J connectivity index is 0.00000243. The van der Waals surface area contributed by atoms with Gasteiger partial charge in [-0.3, -0.25) is 14.6 Å². The maximum atomic E-state index is 5.83. The number of aryl methyl sites for hydroxylation is 1. The fraction of sp³-hybridized carbons (Fsp3) is 0.300. The van der Waals surface area contributed by atoms with Gasteiger partial charge in [0.15, 0.2) is 0 Å². The molecule has 0 spiro atoms. The highest BCUT2D eigenvalue weighted by Gasteiger charge is 2.14. The van der Waals surface area contributed by atoms with Crippen LogP contribution in [0.5, 0.6) is 0 Å². The van der Waals surface area contributed by atoms with Gasteiger partial charge in [0.1, 0.15) is 0 Å². The molecule has 2 aromatic heterocycles. The molecule has 0 aliphatic heterocycles. The lowest BCUT2D eigenvalue weighted by molar-refractivity contribution is 0.276. The van der Waals surface area contributed by atoms with Crippen LogP contribution in [0.2, 0.25) is 0 Å². The van der Waals surface area contributed by atoms with Gasteiger partial charge in [-0.2, -0.15) is 5.10 Å². The van der Waals surface area contributed by atoms with E-state index in [4.69, 9.17) is 5.73 Å². The lowest BCUT2D eigenvalue weighted by Crippen LogP contribution is -2.31. The zero-order chi connectivity index (χ0) is 17.5. The van der Waals surface area contributed by atoms with Crippen molar-refractivity contribution in [1.82, 2.24) is 19.7 Å². The molecule has 138 valence electrons. The second-order valence-corrected chi connectivity index (χ2v) is 6.22. The number of rotatable bonds is 8. The second kappa shape index (κ2) is 10.1. The van der Waals surface area contributed by atoms with E-state index in [2.05, 4.69) is 57.6 Å². The Kier molecular flexibility index (Phi) is 7.78. The zero-order valence-corrected chi connectivity index (χ0v) is 15.9. The van der Waals surface area contributed by atoms with E-state index in [1.807, 2.05) is 24.0 Å². The SMILES string of the molecule is Cl.Cn1cc(CN(CCN)CCc2ccccc2)c(-c2cccnc2)n1. The summed E-state index contributed by atoms with van der Waals surface area (Å²) in [6, 6.07) is 14.6. The lowest BCUT2D eigenvalue weighted by atomic mass is 10.1. The van der Waals surface area contributed by atoms with Crippen LogP contribution in [-0.4, -0.2) is 39.3 Å². The molecular weight excluding hydrogens is 346 g/mol. The summed E-state index contributed by atoms with van der Waals surface area (Å²) in [5.41, 5.74) is 10.4.